The smallest absolute Gasteiger partial charge is 0.270 e. The molecule has 2 aromatic carbocycles. The molecule has 7 heteroatoms. The molecular weight excluding hydrogens is 408 g/mol. The highest BCUT2D eigenvalue weighted by Crippen LogP contribution is 2.22. The van der Waals surface area contributed by atoms with Crippen molar-refractivity contribution in [3.63, 3.8) is 0 Å². The van der Waals surface area contributed by atoms with E-state index in [2.05, 4.69) is 25.8 Å². The van der Waals surface area contributed by atoms with Gasteiger partial charge in [-0.05, 0) is 48.5 Å². The van der Waals surface area contributed by atoms with E-state index in [9.17, 15) is 9.59 Å². The van der Waals surface area contributed by atoms with Crippen molar-refractivity contribution in [3.8, 4) is 0 Å². The zero-order valence-corrected chi connectivity index (χ0v) is 16.2. The van der Waals surface area contributed by atoms with Crippen molar-refractivity contribution < 1.29 is 9.59 Å². The molecule has 2 heterocycles. The van der Waals surface area contributed by atoms with Gasteiger partial charge in [0.05, 0.1) is 0 Å². The molecule has 1 aliphatic heterocycles. The van der Waals surface area contributed by atoms with Gasteiger partial charge in [-0.15, -0.1) is 0 Å². The number of anilines is 1. The number of amides is 2. The van der Waals surface area contributed by atoms with E-state index in [0.29, 0.717) is 24.3 Å². The van der Waals surface area contributed by atoms with E-state index >= 15 is 0 Å². The number of aromatic amines is 1. The summed E-state index contributed by atoms with van der Waals surface area (Å²) >= 11 is 3.46. The van der Waals surface area contributed by atoms with E-state index in [0.717, 1.165) is 34.2 Å². The van der Waals surface area contributed by atoms with Gasteiger partial charge in [0, 0.05) is 52.8 Å². The minimum Gasteiger partial charge on any atom is -0.368 e. The van der Waals surface area contributed by atoms with Gasteiger partial charge in [0.15, 0.2) is 0 Å². The van der Waals surface area contributed by atoms with Crippen LogP contribution in [0.1, 0.15) is 20.8 Å². The molecule has 1 saturated heterocycles. The Balaban J connectivity index is 1.43. The minimum atomic E-state index is -0.428. The standard InChI is InChI=1S/C20H19BrN4O2/c21-15-3-6-17-14(11-15)12-18(23-17)20(27)25-9-7-24(8-10-25)16-4-1-13(2-5-16)19(22)26/h1-6,11-12,23H,7-10H2,(H2,22,26). The van der Waals surface area contributed by atoms with Crippen LogP contribution in [0.3, 0.4) is 0 Å². The largest absolute Gasteiger partial charge is 0.368 e. The lowest BCUT2D eigenvalue weighted by Crippen LogP contribution is -2.48. The number of hydrogen-bond acceptors (Lipinski definition) is 3. The van der Waals surface area contributed by atoms with Crippen molar-refractivity contribution in [1.29, 1.82) is 0 Å². The second-order valence-corrected chi connectivity index (χ2v) is 7.52. The molecule has 3 N–H and O–H groups in total. The summed E-state index contributed by atoms with van der Waals surface area (Å²) in [5, 5.41) is 1.01. The first kappa shape index (κ1) is 17.6. The molecular formula is C20H19BrN4O2. The third-order valence-electron chi connectivity index (χ3n) is 4.90. The van der Waals surface area contributed by atoms with E-state index in [-0.39, 0.29) is 5.91 Å². The molecule has 3 aromatic rings. The van der Waals surface area contributed by atoms with Gasteiger partial charge in [-0.1, -0.05) is 15.9 Å². The molecule has 1 aliphatic rings. The average molecular weight is 427 g/mol. The highest BCUT2D eigenvalue weighted by molar-refractivity contribution is 9.10. The summed E-state index contributed by atoms with van der Waals surface area (Å²) in [5.41, 5.74) is 8.38. The van der Waals surface area contributed by atoms with Gasteiger partial charge in [0.2, 0.25) is 5.91 Å². The number of primary amides is 1. The Morgan fingerprint density at radius 2 is 1.67 bits per heavy atom. The monoisotopic (exact) mass is 426 g/mol. The highest BCUT2D eigenvalue weighted by atomic mass is 79.9. The van der Waals surface area contributed by atoms with Crippen LogP contribution in [0.15, 0.2) is 53.0 Å². The SMILES string of the molecule is NC(=O)c1ccc(N2CCN(C(=O)c3cc4cc(Br)ccc4[nH]3)CC2)cc1. The number of rotatable bonds is 3. The van der Waals surface area contributed by atoms with Crippen molar-refractivity contribution in [1.82, 2.24) is 9.88 Å². The van der Waals surface area contributed by atoms with Crippen LogP contribution in [-0.2, 0) is 0 Å². The molecule has 6 nitrogen and oxygen atoms in total. The first-order chi connectivity index (χ1) is 13.0. The minimum absolute atomic E-state index is 0.0195. The Kier molecular flexibility index (Phi) is 4.61. The molecule has 1 aromatic heterocycles. The number of piperazine rings is 1. The number of benzene rings is 2. The fourth-order valence-corrected chi connectivity index (χ4v) is 3.77. The Hall–Kier alpha value is -2.80. The van der Waals surface area contributed by atoms with Gasteiger partial charge < -0.3 is 20.5 Å². The summed E-state index contributed by atoms with van der Waals surface area (Å²) < 4.78 is 0.990. The van der Waals surface area contributed by atoms with E-state index in [1.807, 2.05) is 41.3 Å². The summed E-state index contributed by atoms with van der Waals surface area (Å²) in [4.78, 5) is 31.3. The first-order valence-corrected chi connectivity index (χ1v) is 9.53. The van der Waals surface area contributed by atoms with Crippen molar-refractivity contribution in [2.75, 3.05) is 31.1 Å². The Bertz CT molecular complexity index is 1000. The fourth-order valence-electron chi connectivity index (χ4n) is 3.39. The van der Waals surface area contributed by atoms with E-state index in [4.69, 9.17) is 5.73 Å². The number of H-pyrrole nitrogens is 1. The summed E-state index contributed by atoms with van der Waals surface area (Å²) in [7, 11) is 0. The topological polar surface area (TPSA) is 82.4 Å². The molecule has 138 valence electrons. The number of carbonyl (C=O) groups excluding carboxylic acids is 2. The lowest BCUT2D eigenvalue weighted by molar-refractivity contribution is 0.0741. The number of hydrogen-bond donors (Lipinski definition) is 2. The van der Waals surface area contributed by atoms with E-state index in [1.165, 1.54) is 0 Å². The number of nitrogens with two attached hydrogens (primary N) is 1. The van der Waals surface area contributed by atoms with Gasteiger partial charge in [-0.3, -0.25) is 9.59 Å². The van der Waals surface area contributed by atoms with E-state index in [1.54, 1.807) is 12.1 Å². The molecule has 2 amide bonds. The van der Waals surface area contributed by atoms with Crippen LogP contribution in [0.2, 0.25) is 0 Å². The van der Waals surface area contributed by atoms with Crippen LogP contribution >= 0.6 is 15.9 Å². The Morgan fingerprint density at radius 3 is 2.33 bits per heavy atom. The highest BCUT2D eigenvalue weighted by Gasteiger charge is 2.23. The van der Waals surface area contributed by atoms with Crippen LogP contribution < -0.4 is 10.6 Å². The van der Waals surface area contributed by atoms with E-state index < -0.39 is 5.91 Å². The molecule has 0 bridgehead atoms. The van der Waals surface area contributed by atoms with Crippen LogP contribution in [0.25, 0.3) is 10.9 Å². The maximum absolute atomic E-state index is 12.8. The molecule has 0 spiro atoms. The number of halogens is 1. The Labute approximate surface area is 165 Å². The van der Waals surface area contributed by atoms with Crippen molar-refractivity contribution in [2.24, 2.45) is 5.73 Å². The van der Waals surface area contributed by atoms with Crippen LogP contribution in [0.4, 0.5) is 5.69 Å². The number of fused-ring (bicyclic) bond motifs is 1. The summed E-state index contributed by atoms with van der Waals surface area (Å²) in [6.07, 6.45) is 0. The summed E-state index contributed by atoms with van der Waals surface area (Å²) in [6, 6.07) is 15.1. The van der Waals surface area contributed by atoms with Gasteiger partial charge in [-0.25, -0.2) is 0 Å². The zero-order chi connectivity index (χ0) is 19.0. The van der Waals surface area contributed by atoms with Gasteiger partial charge in [0.25, 0.3) is 5.91 Å². The predicted octanol–water partition coefficient (Wildman–Crippen LogP) is 2.99. The number of aromatic nitrogens is 1. The van der Waals surface area contributed by atoms with Crippen molar-refractivity contribution >= 4 is 44.3 Å². The molecule has 27 heavy (non-hydrogen) atoms. The normalized spacial score (nSPS) is 14.6. The zero-order valence-electron chi connectivity index (χ0n) is 14.6. The van der Waals surface area contributed by atoms with Gasteiger partial charge in [-0.2, -0.15) is 0 Å². The Morgan fingerprint density at radius 1 is 0.963 bits per heavy atom. The molecule has 1 fully saturated rings. The molecule has 0 unspecified atom stereocenters. The van der Waals surface area contributed by atoms with Crippen LogP contribution in [0.5, 0.6) is 0 Å². The number of nitrogens with one attached hydrogen (secondary N) is 1. The van der Waals surface area contributed by atoms with Crippen molar-refractivity contribution in [3.05, 3.63) is 64.3 Å². The second kappa shape index (κ2) is 7.08. The molecule has 4 rings (SSSR count). The first-order valence-electron chi connectivity index (χ1n) is 8.73. The molecule has 0 radical (unpaired) electrons. The average Bonchev–Trinajstić information content (AvgIpc) is 3.11. The fraction of sp³-hybridized carbons (Fsp3) is 0.200. The number of nitrogens with zero attached hydrogens (tertiary/aromatic N) is 2. The number of carbonyl (C=O) groups is 2. The third kappa shape index (κ3) is 3.55. The summed E-state index contributed by atoms with van der Waals surface area (Å²) in [6.45, 7) is 2.78. The summed E-state index contributed by atoms with van der Waals surface area (Å²) in [5.74, 6) is -0.409. The van der Waals surface area contributed by atoms with Crippen LogP contribution in [-0.4, -0.2) is 47.9 Å². The second-order valence-electron chi connectivity index (χ2n) is 6.60. The maximum Gasteiger partial charge on any atom is 0.270 e. The van der Waals surface area contributed by atoms with Crippen LogP contribution in [0, 0.1) is 0 Å². The van der Waals surface area contributed by atoms with Crippen molar-refractivity contribution in [2.45, 2.75) is 0 Å². The third-order valence-corrected chi connectivity index (χ3v) is 5.39. The quantitative estimate of drug-likeness (QED) is 0.674. The lowest BCUT2D eigenvalue weighted by Gasteiger charge is -2.36. The molecule has 0 aliphatic carbocycles. The lowest BCUT2D eigenvalue weighted by atomic mass is 10.1. The van der Waals surface area contributed by atoms with Gasteiger partial charge in [0.1, 0.15) is 5.69 Å². The maximum atomic E-state index is 12.8. The predicted molar refractivity (Wildman–Crippen MR) is 109 cm³/mol. The van der Waals surface area contributed by atoms with Gasteiger partial charge >= 0.3 is 0 Å². The molecule has 0 atom stereocenters. The molecule has 0 saturated carbocycles.